The molecule has 4 heteroatoms. The average Bonchev–Trinajstić information content (AvgIpc) is 2.37. The molecule has 0 spiro atoms. The Morgan fingerprint density at radius 2 is 2.05 bits per heavy atom. The van der Waals surface area contributed by atoms with Gasteiger partial charge in [-0.2, -0.15) is 0 Å². The van der Waals surface area contributed by atoms with Gasteiger partial charge in [0.05, 0.1) is 0 Å². The lowest BCUT2D eigenvalue weighted by molar-refractivity contribution is 0.140. The van der Waals surface area contributed by atoms with E-state index in [1.165, 1.54) is 0 Å². The van der Waals surface area contributed by atoms with Crippen molar-refractivity contribution in [3.05, 3.63) is 0 Å². The predicted octanol–water partition coefficient (Wildman–Crippen LogP) is 2.47. The first-order chi connectivity index (χ1) is 8.85. The molecule has 1 rings (SSSR count). The summed E-state index contributed by atoms with van der Waals surface area (Å²) < 4.78 is 0. The molecule has 1 aliphatic heterocycles. The molecule has 0 aliphatic carbocycles. The molecule has 2 atom stereocenters. The monoisotopic (exact) mass is 270 g/mol. The van der Waals surface area contributed by atoms with Gasteiger partial charge < -0.3 is 15.3 Å². The van der Waals surface area contributed by atoms with E-state index in [0.29, 0.717) is 12.5 Å². The van der Waals surface area contributed by atoms with Crippen LogP contribution in [0.25, 0.3) is 0 Å². The molecular weight excluding hydrogens is 240 g/mol. The molecule has 112 valence electrons. The second-order valence-corrected chi connectivity index (χ2v) is 6.85. The van der Waals surface area contributed by atoms with Crippen LogP contribution in [0, 0.1) is 17.3 Å². The number of likely N-dealkylation sites (tertiary alicyclic amines) is 1. The lowest BCUT2D eigenvalue weighted by atomic mass is 9.89. The Kier molecular flexibility index (Phi) is 6.11. The van der Waals surface area contributed by atoms with Crippen molar-refractivity contribution in [3.63, 3.8) is 0 Å². The molecule has 1 aliphatic rings. The third kappa shape index (κ3) is 5.39. The van der Waals surface area contributed by atoms with Crippen molar-refractivity contribution >= 4 is 6.03 Å². The minimum Gasteiger partial charge on any atom is -0.396 e. The first-order valence-electron chi connectivity index (χ1n) is 7.49. The standard InChI is InChI=1S/C15H30N2O2/c1-12-6-9-17(10-13(12)2)14(19)16-8-5-7-15(3,4)11-18/h12-13,18H,5-11H2,1-4H3,(H,16,19). The molecular formula is C15H30N2O2. The molecule has 1 fully saturated rings. The molecule has 1 heterocycles. The van der Waals surface area contributed by atoms with Crippen LogP contribution in [-0.4, -0.2) is 42.3 Å². The first kappa shape index (κ1) is 16.3. The topological polar surface area (TPSA) is 52.6 Å². The quantitative estimate of drug-likeness (QED) is 0.754. The highest BCUT2D eigenvalue weighted by atomic mass is 16.3. The smallest absolute Gasteiger partial charge is 0.317 e. The fourth-order valence-electron chi connectivity index (χ4n) is 2.40. The van der Waals surface area contributed by atoms with E-state index in [1.54, 1.807) is 0 Å². The lowest BCUT2D eigenvalue weighted by Crippen LogP contribution is -2.47. The van der Waals surface area contributed by atoms with E-state index in [-0.39, 0.29) is 18.1 Å². The maximum atomic E-state index is 12.0. The normalized spacial score (nSPS) is 24.4. The SMILES string of the molecule is CC1CCN(C(=O)NCCCC(C)(C)CO)CC1C. The third-order valence-corrected chi connectivity index (χ3v) is 4.36. The summed E-state index contributed by atoms with van der Waals surface area (Å²) in [6.07, 6.45) is 2.95. The summed E-state index contributed by atoms with van der Waals surface area (Å²) in [4.78, 5) is 13.9. The molecule has 2 unspecified atom stereocenters. The molecule has 0 aromatic carbocycles. The van der Waals surface area contributed by atoms with Crippen molar-refractivity contribution in [1.82, 2.24) is 10.2 Å². The number of rotatable bonds is 5. The van der Waals surface area contributed by atoms with Crippen LogP contribution in [0.3, 0.4) is 0 Å². The van der Waals surface area contributed by atoms with Gasteiger partial charge in [-0.1, -0.05) is 27.7 Å². The van der Waals surface area contributed by atoms with Crippen molar-refractivity contribution in [2.24, 2.45) is 17.3 Å². The van der Waals surface area contributed by atoms with Gasteiger partial charge in [0.25, 0.3) is 0 Å². The number of piperidine rings is 1. The number of hydrogen-bond acceptors (Lipinski definition) is 2. The van der Waals surface area contributed by atoms with Crippen molar-refractivity contribution < 1.29 is 9.90 Å². The van der Waals surface area contributed by atoms with E-state index < -0.39 is 0 Å². The van der Waals surface area contributed by atoms with Gasteiger partial charge in [-0.3, -0.25) is 0 Å². The van der Waals surface area contributed by atoms with Crippen LogP contribution >= 0.6 is 0 Å². The van der Waals surface area contributed by atoms with Gasteiger partial charge in [-0.15, -0.1) is 0 Å². The number of carbonyl (C=O) groups is 1. The van der Waals surface area contributed by atoms with Crippen LogP contribution in [0.15, 0.2) is 0 Å². The van der Waals surface area contributed by atoms with Gasteiger partial charge in [0.2, 0.25) is 0 Å². The van der Waals surface area contributed by atoms with E-state index in [9.17, 15) is 4.79 Å². The second kappa shape index (κ2) is 7.13. The van der Waals surface area contributed by atoms with Gasteiger partial charge in [-0.05, 0) is 36.5 Å². The highest BCUT2D eigenvalue weighted by Gasteiger charge is 2.25. The summed E-state index contributed by atoms with van der Waals surface area (Å²) in [6, 6.07) is 0.0700. The van der Waals surface area contributed by atoms with E-state index >= 15 is 0 Å². The second-order valence-electron chi connectivity index (χ2n) is 6.85. The van der Waals surface area contributed by atoms with Gasteiger partial charge >= 0.3 is 6.03 Å². The number of aliphatic hydroxyl groups excluding tert-OH is 1. The number of aliphatic hydroxyl groups is 1. The predicted molar refractivity (Wildman–Crippen MR) is 78.0 cm³/mol. The van der Waals surface area contributed by atoms with Crippen molar-refractivity contribution in [2.75, 3.05) is 26.2 Å². The van der Waals surface area contributed by atoms with Crippen LogP contribution in [0.2, 0.25) is 0 Å². The number of carbonyl (C=O) groups excluding carboxylic acids is 1. The highest BCUT2D eigenvalue weighted by molar-refractivity contribution is 5.74. The fourth-order valence-corrected chi connectivity index (χ4v) is 2.40. The van der Waals surface area contributed by atoms with Crippen molar-refractivity contribution in [3.8, 4) is 0 Å². The molecule has 2 N–H and O–H groups in total. The number of urea groups is 1. The summed E-state index contributed by atoms with van der Waals surface area (Å²) >= 11 is 0. The van der Waals surface area contributed by atoms with Crippen LogP contribution in [0.5, 0.6) is 0 Å². The fraction of sp³-hybridized carbons (Fsp3) is 0.933. The zero-order valence-electron chi connectivity index (χ0n) is 12.9. The van der Waals surface area contributed by atoms with Gasteiger partial charge in [-0.25, -0.2) is 4.79 Å². The highest BCUT2D eigenvalue weighted by Crippen LogP contribution is 2.22. The van der Waals surface area contributed by atoms with Gasteiger partial charge in [0.1, 0.15) is 0 Å². The average molecular weight is 270 g/mol. The minimum atomic E-state index is -0.0419. The van der Waals surface area contributed by atoms with Gasteiger partial charge in [0, 0.05) is 26.2 Å². The number of amides is 2. The summed E-state index contributed by atoms with van der Waals surface area (Å²) in [5.74, 6) is 1.31. The molecule has 2 amide bonds. The first-order valence-corrected chi connectivity index (χ1v) is 7.49. The summed E-state index contributed by atoms with van der Waals surface area (Å²) in [6.45, 7) is 11.2. The lowest BCUT2D eigenvalue weighted by Gasteiger charge is -2.35. The van der Waals surface area contributed by atoms with Gasteiger partial charge in [0.15, 0.2) is 0 Å². The minimum absolute atomic E-state index is 0.0419. The largest absolute Gasteiger partial charge is 0.396 e. The van der Waals surface area contributed by atoms with Crippen LogP contribution in [0.4, 0.5) is 4.79 Å². The summed E-state index contributed by atoms with van der Waals surface area (Å²) in [5, 5.41) is 12.2. The Hall–Kier alpha value is -0.770. The molecule has 4 nitrogen and oxygen atoms in total. The van der Waals surface area contributed by atoms with Crippen LogP contribution in [-0.2, 0) is 0 Å². The maximum absolute atomic E-state index is 12.0. The van der Waals surface area contributed by atoms with E-state index in [2.05, 4.69) is 19.2 Å². The van der Waals surface area contributed by atoms with E-state index in [0.717, 1.165) is 38.3 Å². The molecule has 0 bridgehead atoms. The number of hydrogen-bond donors (Lipinski definition) is 2. The Bertz CT molecular complexity index is 292. The molecule has 0 saturated carbocycles. The Labute approximate surface area is 117 Å². The molecule has 19 heavy (non-hydrogen) atoms. The Morgan fingerprint density at radius 3 is 2.63 bits per heavy atom. The zero-order chi connectivity index (χ0) is 14.5. The summed E-state index contributed by atoms with van der Waals surface area (Å²) in [5.41, 5.74) is -0.0419. The third-order valence-electron chi connectivity index (χ3n) is 4.36. The van der Waals surface area contributed by atoms with Crippen LogP contribution < -0.4 is 5.32 Å². The number of nitrogens with one attached hydrogen (secondary N) is 1. The molecule has 0 radical (unpaired) electrons. The molecule has 0 aromatic rings. The summed E-state index contributed by atoms with van der Waals surface area (Å²) in [7, 11) is 0. The Morgan fingerprint density at radius 1 is 1.37 bits per heavy atom. The van der Waals surface area contributed by atoms with E-state index in [4.69, 9.17) is 5.11 Å². The van der Waals surface area contributed by atoms with Crippen LogP contribution in [0.1, 0.15) is 47.0 Å². The van der Waals surface area contributed by atoms with Crippen molar-refractivity contribution in [1.29, 1.82) is 0 Å². The zero-order valence-corrected chi connectivity index (χ0v) is 12.9. The van der Waals surface area contributed by atoms with Crippen molar-refractivity contribution in [2.45, 2.75) is 47.0 Å². The Balaban J connectivity index is 2.21. The maximum Gasteiger partial charge on any atom is 0.317 e. The molecule has 1 saturated heterocycles. The van der Waals surface area contributed by atoms with E-state index in [1.807, 2.05) is 18.7 Å². The molecule has 0 aromatic heterocycles. The number of nitrogens with zero attached hydrogens (tertiary/aromatic N) is 1.